The van der Waals surface area contributed by atoms with Crippen molar-refractivity contribution in [3.8, 4) is 0 Å². The van der Waals surface area contributed by atoms with Crippen molar-refractivity contribution in [2.45, 2.75) is 0 Å². The summed E-state index contributed by atoms with van der Waals surface area (Å²) < 4.78 is 4.28. The average Bonchev–Trinajstić information content (AvgIpc) is 2.00. The molecule has 0 fully saturated rings. The van der Waals surface area contributed by atoms with E-state index in [0.717, 1.165) is 13.2 Å². The highest BCUT2D eigenvalue weighted by Crippen LogP contribution is 1.93. The van der Waals surface area contributed by atoms with Crippen LogP contribution < -0.4 is 5.73 Å². The lowest BCUT2D eigenvalue weighted by molar-refractivity contribution is -0.132. The number of ether oxygens (including phenoxy) is 1. The van der Waals surface area contributed by atoms with E-state index in [4.69, 9.17) is 15.9 Å². The van der Waals surface area contributed by atoms with Crippen molar-refractivity contribution in [3.63, 3.8) is 0 Å². The van der Waals surface area contributed by atoms with Gasteiger partial charge < -0.3 is 20.7 Å². The number of aliphatic imine (C=N–C) groups is 1. The van der Waals surface area contributed by atoms with Crippen molar-refractivity contribution in [3.05, 3.63) is 24.4 Å². The SMILES string of the molecule is C=C(O)/N=C(\C=C(/N)O)C(=O)OC. The molecule has 0 aromatic rings. The second-order valence-corrected chi connectivity index (χ2v) is 1.97. The van der Waals surface area contributed by atoms with Gasteiger partial charge in [0.05, 0.1) is 7.11 Å². The number of aliphatic hydroxyl groups excluding tert-OH is 2. The third-order valence-corrected chi connectivity index (χ3v) is 0.929. The minimum Gasteiger partial charge on any atom is -0.495 e. The molecule has 0 aliphatic heterocycles. The maximum absolute atomic E-state index is 10.9. The highest BCUT2D eigenvalue weighted by Gasteiger charge is 2.09. The summed E-state index contributed by atoms with van der Waals surface area (Å²) in [6.07, 6.45) is 0.841. The number of nitrogens with zero attached hydrogens (tertiary/aromatic N) is 1. The molecule has 0 atom stereocenters. The molecule has 0 aliphatic carbocycles. The summed E-state index contributed by atoms with van der Waals surface area (Å²) in [5.74, 6) is -2.05. The molecule has 0 aromatic heterocycles. The van der Waals surface area contributed by atoms with Crippen LogP contribution in [0.4, 0.5) is 0 Å². The fourth-order valence-corrected chi connectivity index (χ4v) is 0.521. The number of carbonyl (C=O) groups is 1. The van der Waals surface area contributed by atoms with E-state index >= 15 is 0 Å². The number of aliphatic hydroxyl groups is 2. The van der Waals surface area contributed by atoms with Crippen LogP contribution in [-0.2, 0) is 9.53 Å². The molecule has 0 bridgehead atoms. The van der Waals surface area contributed by atoms with Gasteiger partial charge in [0.2, 0.25) is 5.88 Å². The van der Waals surface area contributed by atoms with Gasteiger partial charge in [0.25, 0.3) is 0 Å². The Morgan fingerprint density at radius 1 is 1.62 bits per heavy atom. The second kappa shape index (κ2) is 4.81. The van der Waals surface area contributed by atoms with Gasteiger partial charge in [-0.05, 0) is 6.58 Å². The van der Waals surface area contributed by atoms with Crippen LogP contribution in [0.15, 0.2) is 29.4 Å². The van der Waals surface area contributed by atoms with Crippen molar-refractivity contribution in [2.24, 2.45) is 10.7 Å². The Labute approximate surface area is 74.6 Å². The van der Waals surface area contributed by atoms with Crippen molar-refractivity contribution < 1.29 is 19.7 Å². The fourth-order valence-electron chi connectivity index (χ4n) is 0.521. The van der Waals surface area contributed by atoms with E-state index in [-0.39, 0.29) is 5.71 Å². The Bertz CT molecular complexity index is 276. The van der Waals surface area contributed by atoms with Crippen LogP contribution in [0.2, 0.25) is 0 Å². The molecule has 0 spiro atoms. The maximum atomic E-state index is 10.9. The maximum Gasteiger partial charge on any atom is 0.357 e. The lowest BCUT2D eigenvalue weighted by Gasteiger charge is -1.98. The van der Waals surface area contributed by atoms with Crippen molar-refractivity contribution in [1.29, 1.82) is 0 Å². The quantitative estimate of drug-likeness (QED) is 0.326. The van der Waals surface area contributed by atoms with E-state index in [1.54, 1.807) is 0 Å². The molecule has 0 saturated carbocycles. The number of carbonyl (C=O) groups excluding carboxylic acids is 1. The first-order chi connectivity index (χ1) is 5.97. The third kappa shape index (κ3) is 4.46. The zero-order chi connectivity index (χ0) is 10.4. The molecule has 0 amide bonds. The molecule has 4 N–H and O–H groups in total. The summed E-state index contributed by atoms with van der Waals surface area (Å²) in [5.41, 5.74) is 4.54. The molecule has 0 aromatic carbocycles. The van der Waals surface area contributed by atoms with Gasteiger partial charge >= 0.3 is 5.97 Å². The Kier molecular flexibility index (Phi) is 4.08. The van der Waals surface area contributed by atoms with Gasteiger partial charge in [0.15, 0.2) is 11.6 Å². The fraction of sp³-hybridized carbons (Fsp3) is 0.143. The van der Waals surface area contributed by atoms with E-state index in [1.165, 1.54) is 0 Å². The average molecular weight is 186 g/mol. The molecule has 0 saturated heterocycles. The zero-order valence-electron chi connectivity index (χ0n) is 7.02. The number of rotatable bonds is 3. The Morgan fingerprint density at radius 3 is 2.46 bits per heavy atom. The van der Waals surface area contributed by atoms with Gasteiger partial charge in [-0.1, -0.05) is 0 Å². The van der Waals surface area contributed by atoms with Crippen LogP contribution in [0.25, 0.3) is 0 Å². The van der Waals surface area contributed by atoms with Crippen LogP contribution in [0.1, 0.15) is 0 Å². The van der Waals surface area contributed by atoms with Crippen LogP contribution in [0, 0.1) is 0 Å². The first-order valence-corrected chi connectivity index (χ1v) is 3.18. The second-order valence-electron chi connectivity index (χ2n) is 1.97. The number of esters is 1. The molecule has 0 rings (SSSR count). The van der Waals surface area contributed by atoms with Gasteiger partial charge in [0, 0.05) is 6.08 Å². The summed E-state index contributed by atoms with van der Waals surface area (Å²) in [5, 5.41) is 17.3. The van der Waals surface area contributed by atoms with Gasteiger partial charge in [-0.3, -0.25) is 0 Å². The molecule has 6 heteroatoms. The molecule has 0 radical (unpaired) electrons. The molecule has 0 aliphatic rings. The number of methoxy groups -OCH3 is 1. The summed E-state index contributed by atoms with van der Waals surface area (Å²) >= 11 is 0. The highest BCUT2D eigenvalue weighted by molar-refractivity contribution is 6.41. The minimum atomic E-state index is -0.841. The lowest BCUT2D eigenvalue weighted by atomic mass is 10.3. The molecule has 6 nitrogen and oxygen atoms in total. The molecule has 13 heavy (non-hydrogen) atoms. The number of hydrogen-bond acceptors (Lipinski definition) is 6. The van der Waals surface area contributed by atoms with E-state index in [0.29, 0.717) is 0 Å². The predicted molar refractivity (Wildman–Crippen MR) is 46.1 cm³/mol. The first kappa shape index (κ1) is 11.0. The minimum absolute atomic E-state index is 0.338. The van der Waals surface area contributed by atoms with Crippen LogP contribution >= 0.6 is 0 Å². The summed E-state index contributed by atoms with van der Waals surface area (Å²) in [6, 6.07) is 0. The largest absolute Gasteiger partial charge is 0.495 e. The van der Waals surface area contributed by atoms with Crippen LogP contribution in [-0.4, -0.2) is 29.0 Å². The monoisotopic (exact) mass is 186 g/mol. The summed E-state index contributed by atoms with van der Waals surface area (Å²) in [7, 11) is 1.12. The molecular weight excluding hydrogens is 176 g/mol. The van der Waals surface area contributed by atoms with E-state index in [2.05, 4.69) is 16.3 Å². The van der Waals surface area contributed by atoms with E-state index < -0.39 is 17.7 Å². The molecule has 0 unspecified atom stereocenters. The zero-order valence-corrected chi connectivity index (χ0v) is 7.02. The van der Waals surface area contributed by atoms with E-state index in [1.807, 2.05) is 0 Å². The summed E-state index contributed by atoms with van der Waals surface area (Å²) in [6.45, 7) is 3.03. The van der Waals surface area contributed by atoms with Gasteiger partial charge in [-0.2, -0.15) is 0 Å². The van der Waals surface area contributed by atoms with Crippen molar-refractivity contribution in [2.75, 3.05) is 7.11 Å². The van der Waals surface area contributed by atoms with Gasteiger partial charge in [-0.25, -0.2) is 9.79 Å². The van der Waals surface area contributed by atoms with Crippen molar-refractivity contribution in [1.82, 2.24) is 0 Å². The summed E-state index contributed by atoms with van der Waals surface area (Å²) in [4.78, 5) is 14.1. The van der Waals surface area contributed by atoms with Gasteiger partial charge in [0.1, 0.15) is 0 Å². The van der Waals surface area contributed by atoms with Crippen molar-refractivity contribution >= 4 is 11.7 Å². The van der Waals surface area contributed by atoms with Crippen LogP contribution in [0.3, 0.4) is 0 Å². The third-order valence-electron chi connectivity index (χ3n) is 0.929. The predicted octanol–water partition coefficient (Wildman–Crippen LogP) is -0.0123. The Hall–Kier alpha value is -1.98. The number of hydrogen-bond donors (Lipinski definition) is 3. The standard InChI is InChI=1S/C7H10N2O4/c1-4(10)9-5(3-6(8)11)7(12)13-2/h3,10-11H,1,8H2,2H3/b6-3+,9-5+. The molecule has 72 valence electrons. The Morgan fingerprint density at radius 2 is 2.15 bits per heavy atom. The van der Waals surface area contributed by atoms with E-state index in [9.17, 15) is 4.79 Å². The first-order valence-electron chi connectivity index (χ1n) is 3.18. The highest BCUT2D eigenvalue weighted by atomic mass is 16.5. The smallest absolute Gasteiger partial charge is 0.357 e. The molecule has 0 heterocycles. The topological polar surface area (TPSA) is 105 Å². The Balaban J connectivity index is 4.87. The normalized spacial score (nSPS) is 12.4. The number of nitrogens with two attached hydrogens (primary N) is 1. The lowest BCUT2D eigenvalue weighted by Crippen LogP contribution is -2.15. The van der Waals surface area contributed by atoms with Crippen LogP contribution in [0.5, 0.6) is 0 Å². The van der Waals surface area contributed by atoms with Gasteiger partial charge in [-0.15, -0.1) is 0 Å². The molecular formula is C7H10N2O4.